The first-order chi connectivity index (χ1) is 12.5. The molecule has 1 heterocycles. The van der Waals surface area contributed by atoms with Crippen molar-refractivity contribution in [1.29, 1.82) is 0 Å². The minimum atomic E-state index is -0.0207. The number of aryl methyl sites for hydroxylation is 3. The molecule has 1 unspecified atom stereocenters. The van der Waals surface area contributed by atoms with Crippen LogP contribution < -0.4 is 5.32 Å². The fourth-order valence-electron chi connectivity index (χ4n) is 3.97. The summed E-state index contributed by atoms with van der Waals surface area (Å²) in [6, 6.07) is 8.29. The fourth-order valence-corrected chi connectivity index (χ4v) is 5.20. The average Bonchev–Trinajstić information content (AvgIpc) is 3.26. The predicted molar refractivity (Wildman–Crippen MR) is 105 cm³/mol. The molecule has 2 aromatic rings. The number of hydrogen-bond donors (Lipinski definition) is 1. The molecule has 0 bridgehead atoms. The molecule has 0 spiro atoms. The van der Waals surface area contributed by atoms with E-state index in [0.717, 1.165) is 42.7 Å². The number of amides is 2. The molecule has 1 atom stereocenters. The second-order valence-electron chi connectivity index (χ2n) is 7.52. The highest BCUT2D eigenvalue weighted by molar-refractivity contribution is 7.14. The smallest absolute Gasteiger partial charge is 0.263 e. The number of nitrogens with zero attached hydrogens (tertiary/aromatic N) is 1. The normalized spacial score (nSPS) is 18.2. The lowest BCUT2D eigenvalue weighted by Crippen LogP contribution is -2.27. The van der Waals surface area contributed by atoms with Crippen LogP contribution in [0.1, 0.15) is 44.1 Å². The van der Waals surface area contributed by atoms with Gasteiger partial charge in [0.05, 0.1) is 4.88 Å². The number of anilines is 1. The van der Waals surface area contributed by atoms with Gasteiger partial charge in [-0.3, -0.25) is 9.59 Å². The molecule has 0 radical (unpaired) electrons. The summed E-state index contributed by atoms with van der Waals surface area (Å²) in [6.45, 7) is 0. The lowest BCUT2D eigenvalue weighted by atomic mass is 9.87. The maximum Gasteiger partial charge on any atom is 0.263 e. The van der Waals surface area contributed by atoms with E-state index in [0.29, 0.717) is 0 Å². The Bertz CT molecular complexity index is 869. The van der Waals surface area contributed by atoms with E-state index < -0.39 is 0 Å². The van der Waals surface area contributed by atoms with Gasteiger partial charge < -0.3 is 10.2 Å². The Balaban J connectivity index is 1.45. The summed E-state index contributed by atoms with van der Waals surface area (Å²) in [4.78, 5) is 28.6. The van der Waals surface area contributed by atoms with E-state index in [4.69, 9.17) is 0 Å². The first-order valence-electron chi connectivity index (χ1n) is 9.27. The number of nitrogens with one attached hydrogen (secondary N) is 1. The van der Waals surface area contributed by atoms with Gasteiger partial charge in [-0.1, -0.05) is 6.07 Å². The minimum absolute atomic E-state index is 0.0207. The zero-order chi connectivity index (χ0) is 18.3. The molecule has 1 N–H and O–H groups in total. The molecule has 26 heavy (non-hydrogen) atoms. The maximum atomic E-state index is 12.7. The molecule has 0 saturated heterocycles. The second kappa shape index (κ2) is 6.88. The standard InChI is InChI=1S/C21H24N2O2S/c1-23(2)21(25)19-12-16-10-15(7-9-18(16)26-19)20(24)22-17-8-6-13-4-3-5-14(13)11-17/h6,8,11-12,15H,3-5,7,9-10H2,1-2H3,(H,22,24). The Hall–Kier alpha value is -2.14. The monoisotopic (exact) mass is 368 g/mol. The quantitative estimate of drug-likeness (QED) is 0.898. The van der Waals surface area contributed by atoms with Crippen molar-refractivity contribution in [1.82, 2.24) is 4.90 Å². The Morgan fingerprint density at radius 3 is 2.69 bits per heavy atom. The van der Waals surface area contributed by atoms with Crippen LogP contribution >= 0.6 is 11.3 Å². The molecule has 4 rings (SSSR count). The van der Waals surface area contributed by atoms with E-state index >= 15 is 0 Å². The van der Waals surface area contributed by atoms with Gasteiger partial charge in [0.1, 0.15) is 0 Å². The Labute approximate surface area is 158 Å². The molecule has 0 fully saturated rings. The zero-order valence-electron chi connectivity index (χ0n) is 15.3. The van der Waals surface area contributed by atoms with Crippen molar-refractivity contribution in [2.45, 2.75) is 38.5 Å². The molecule has 0 saturated carbocycles. The van der Waals surface area contributed by atoms with Gasteiger partial charge in [0.15, 0.2) is 0 Å². The lowest BCUT2D eigenvalue weighted by molar-refractivity contribution is -0.120. The number of thiophene rings is 1. The zero-order valence-corrected chi connectivity index (χ0v) is 16.1. The van der Waals surface area contributed by atoms with Gasteiger partial charge in [0, 0.05) is 30.6 Å². The van der Waals surface area contributed by atoms with Crippen LogP contribution in [-0.4, -0.2) is 30.8 Å². The molecular formula is C21H24N2O2S. The van der Waals surface area contributed by atoms with Crippen LogP contribution in [-0.2, 0) is 30.5 Å². The third-order valence-electron chi connectivity index (χ3n) is 5.44. The van der Waals surface area contributed by atoms with Crippen molar-refractivity contribution < 1.29 is 9.59 Å². The van der Waals surface area contributed by atoms with Crippen molar-refractivity contribution >= 4 is 28.8 Å². The highest BCUT2D eigenvalue weighted by Gasteiger charge is 2.28. The summed E-state index contributed by atoms with van der Waals surface area (Å²) in [7, 11) is 3.54. The highest BCUT2D eigenvalue weighted by Crippen LogP contribution is 2.33. The Kier molecular flexibility index (Phi) is 4.57. The van der Waals surface area contributed by atoms with E-state index in [1.165, 1.54) is 28.0 Å². The topological polar surface area (TPSA) is 49.4 Å². The van der Waals surface area contributed by atoms with Crippen LogP contribution in [0.15, 0.2) is 24.3 Å². The van der Waals surface area contributed by atoms with Gasteiger partial charge in [-0.2, -0.15) is 0 Å². The van der Waals surface area contributed by atoms with E-state index in [2.05, 4.69) is 17.4 Å². The minimum Gasteiger partial charge on any atom is -0.344 e. The summed E-state index contributed by atoms with van der Waals surface area (Å²) < 4.78 is 0. The van der Waals surface area contributed by atoms with Crippen LogP contribution in [0, 0.1) is 5.92 Å². The van der Waals surface area contributed by atoms with E-state index in [1.54, 1.807) is 30.3 Å². The molecule has 136 valence electrons. The SMILES string of the molecule is CN(C)C(=O)c1cc2c(s1)CCC(C(=O)Nc1ccc3c(c1)CCC3)C2. The number of carbonyl (C=O) groups is 2. The molecule has 1 aromatic heterocycles. The number of carbonyl (C=O) groups excluding carboxylic acids is 2. The van der Waals surface area contributed by atoms with Gasteiger partial charge in [-0.15, -0.1) is 11.3 Å². The van der Waals surface area contributed by atoms with Crippen LogP contribution in [0.5, 0.6) is 0 Å². The van der Waals surface area contributed by atoms with Crippen LogP contribution in [0.3, 0.4) is 0 Å². The molecule has 4 nitrogen and oxygen atoms in total. The average molecular weight is 369 g/mol. The van der Waals surface area contributed by atoms with E-state index in [-0.39, 0.29) is 17.7 Å². The maximum absolute atomic E-state index is 12.7. The van der Waals surface area contributed by atoms with E-state index in [1.807, 2.05) is 12.1 Å². The first kappa shape index (κ1) is 17.3. The number of rotatable bonds is 3. The summed E-state index contributed by atoms with van der Waals surface area (Å²) in [5.41, 5.74) is 4.87. The van der Waals surface area contributed by atoms with Gasteiger partial charge in [-0.05, 0) is 73.4 Å². The summed E-state index contributed by atoms with van der Waals surface area (Å²) in [6.07, 6.45) is 5.93. The van der Waals surface area contributed by atoms with Crippen molar-refractivity contribution in [3.8, 4) is 0 Å². The molecule has 5 heteroatoms. The third-order valence-corrected chi connectivity index (χ3v) is 6.66. The Morgan fingerprint density at radius 2 is 1.88 bits per heavy atom. The second-order valence-corrected chi connectivity index (χ2v) is 8.66. The van der Waals surface area contributed by atoms with Crippen molar-refractivity contribution in [2.75, 3.05) is 19.4 Å². The van der Waals surface area contributed by atoms with Gasteiger partial charge in [0.2, 0.25) is 5.91 Å². The molecule has 0 aliphatic heterocycles. The first-order valence-corrected chi connectivity index (χ1v) is 10.1. The number of hydrogen-bond acceptors (Lipinski definition) is 3. The largest absolute Gasteiger partial charge is 0.344 e. The van der Waals surface area contributed by atoms with E-state index in [9.17, 15) is 9.59 Å². The van der Waals surface area contributed by atoms with Crippen LogP contribution in [0.2, 0.25) is 0 Å². The van der Waals surface area contributed by atoms with Gasteiger partial charge in [-0.25, -0.2) is 0 Å². The molecular weight excluding hydrogens is 344 g/mol. The Morgan fingerprint density at radius 1 is 1.08 bits per heavy atom. The molecule has 1 aromatic carbocycles. The van der Waals surface area contributed by atoms with Crippen molar-refractivity contribution in [2.24, 2.45) is 5.92 Å². The van der Waals surface area contributed by atoms with Crippen LogP contribution in [0.25, 0.3) is 0 Å². The van der Waals surface area contributed by atoms with Crippen molar-refractivity contribution in [3.05, 3.63) is 50.7 Å². The molecule has 2 amide bonds. The number of benzene rings is 1. The van der Waals surface area contributed by atoms with Gasteiger partial charge >= 0.3 is 0 Å². The third kappa shape index (κ3) is 3.28. The fraction of sp³-hybridized carbons (Fsp3) is 0.429. The van der Waals surface area contributed by atoms with Crippen LogP contribution in [0.4, 0.5) is 5.69 Å². The number of fused-ring (bicyclic) bond motifs is 2. The summed E-state index contributed by atoms with van der Waals surface area (Å²) in [5, 5.41) is 3.11. The summed E-state index contributed by atoms with van der Waals surface area (Å²) in [5.74, 6) is 0.122. The molecule has 2 aliphatic carbocycles. The highest BCUT2D eigenvalue weighted by atomic mass is 32.1. The predicted octanol–water partition coefficient (Wildman–Crippen LogP) is 3.68. The van der Waals surface area contributed by atoms with Gasteiger partial charge in [0.25, 0.3) is 5.91 Å². The molecule has 2 aliphatic rings. The summed E-state index contributed by atoms with van der Waals surface area (Å²) >= 11 is 1.58. The van der Waals surface area contributed by atoms with Crippen molar-refractivity contribution in [3.63, 3.8) is 0 Å². The lowest BCUT2D eigenvalue weighted by Gasteiger charge is -2.21.